The van der Waals surface area contributed by atoms with Crippen molar-refractivity contribution in [2.45, 2.75) is 33.2 Å². The summed E-state index contributed by atoms with van der Waals surface area (Å²) in [5.74, 6) is -0.0842. The zero-order chi connectivity index (χ0) is 17.1. The Bertz CT molecular complexity index is 819. The van der Waals surface area contributed by atoms with Crippen LogP contribution in [0.5, 0.6) is 0 Å². The lowest BCUT2D eigenvalue weighted by Gasteiger charge is -2.14. The van der Waals surface area contributed by atoms with Crippen LogP contribution in [-0.2, 0) is 11.2 Å². The van der Waals surface area contributed by atoms with Crippen molar-refractivity contribution in [1.82, 2.24) is 20.3 Å². The molecule has 0 bridgehead atoms. The number of carbonyl (C=O) groups excluding carboxylic acids is 1. The fraction of sp³-hybridized carbons (Fsp3) is 0.278. The lowest BCUT2D eigenvalue weighted by Crippen LogP contribution is -2.28. The number of rotatable bonds is 5. The maximum absolute atomic E-state index is 12.0. The largest absolute Gasteiger partial charge is 0.364 e. The minimum absolute atomic E-state index is 0.0842. The van der Waals surface area contributed by atoms with Gasteiger partial charge in [0.05, 0.1) is 29.5 Å². The molecule has 1 aromatic carbocycles. The van der Waals surface area contributed by atoms with Gasteiger partial charge in [0.15, 0.2) is 0 Å². The van der Waals surface area contributed by atoms with E-state index in [0.717, 1.165) is 22.6 Å². The highest BCUT2D eigenvalue weighted by atomic mass is 16.5. The molecule has 2 aromatic heterocycles. The van der Waals surface area contributed by atoms with Gasteiger partial charge in [-0.3, -0.25) is 4.79 Å². The molecule has 6 heteroatoms. The Morgan fingerprint density at radius 1 is 1.25 bits per heavy atom. The third kappa shape index (κ3) is 3.53. The molecule has 0 unspecified atom stereocenters. The van der Waals surface area contributed by atoms with Crippen LogP contribution in [0.2, 0.25) is 0 Å². The third-order valence-corrected chi connectivity index (χ3v) is 3.86. The first-order valence-corrected chi connectivity index (χ1v) is 7.85. The summed E-state index contributed by atoms with van der Waals surface area (Å²) in [4.78, 5) is 12.0. The van der Waals surface area contributed by atoms with Crippen molar-refractivity contribution in [1.29, 1.82) is 0 Å². The molecule has 0 saturated carbocycles. The fourth-order valence-electron chi connectivity index (χ4n) is 2.66. The SMILES string of the molecule is Cc1cc(C)n(-c2ccc([C@H](C)NC(=O)Cc3ccon3)cc2)n1. The van der Waals surface area contributed by atoms with Gasteiger partial charge >= 0.3 is 0 Å². The highest BCUT2D eigenvalue weighted by Gasteiger charge is 2.12. The summed E-state index contributed by atoms with van der Waals surface area (Å²) in [5, 5.41) is 11.2. The predicted octanol–water partition coefficient (Wildman–Crippen LogP) is 2.90. The Balaban J connectivity index is 1.66. The fourth-order valence-corrected chi connectivity index (χ4v) is 2.66. The number of nitrogens with zero attached hydrogens (tertiary/aromatic N) is 3. The van der Waals surface area contributed by atoms with Crippen LogP contribution in [-0.4, -0.2) is 20.8 Å². The molecule has 0 saturated heterocycles. The average molecular weight is 324 g/mol. The van der Waals surface area contributed by atoms with E-state index in [9.17, 15) is 4.79 Å². The molecule has 24 heavy (non-hydrogen) atoms. The number of aromatic nitrogens is 3. The van der Waals surface area contributed by atoms with Crippen molar-refractivity contribution >= 4 is 5.91 Å². The van der Waals surface area contributed by atoms with Gasteiger partial charge in [0, 0.05) is 11.8 Å². The van der Waals surface area contributed by atoms with Crippen molar-refractivity contribution in [3.05, 3.63) is 65.3 Å². The molecular formula is C18H20N4O2. The van der Waals surface area contributed by atoms with Gasteiger partial charge < -0.3 is 9.84 Å². The molecule has 2 heterocycles. The molecule has 3 rings (SSSR count). The van der Waals surface area contributed by atoms with Crippen molar-refractivity contribution in [2.75, 3.05) is 0 Å². The van der Waals surface area contributed by atoms with E-state index in [4.69, 9.17) is 4.52 Å². The highest BCUT2D eigenvalue weighted by Crippen LogP contribution is 2.17. The number of hydrogen-bond acceptors (Lipinski definition) is 4. The minimum atomic E-state index is -0.0843. The van der Waals surface area contributed by atoms with Crippen LogP contribution in [0.3, 0.4) is 0 Å². The summed E-state index contributed by atoms with van der Waals surface area (Å²) < 4.78 is 6.64. The molecule has 0 aliphatic heterocycles. The average Bonchev–Trinajstić information content (AvgIpc) is 3.16. The predicted molar refractivity (Wildman–Crippen MR) is 89.8 cm³/mol. The maximum Gasteiger partial charge on any atom is 0.226 e. The first kappa shape index (κ1) is 16.0. The third-order valence-electron chi connectivity index (χ3n) is 3.86. The van der Waals surface area contributed by atoms with E-state index in [1.54, 1.807) is 6.07 Å². The molecule has 0 aliphatic carbocycles. The molecule has 6 nitrogen and oxygen atoms in total. The molecule has 0 fully saturated rings. The topological polar surface area (TPSA) is 73.0 Å². The second-order valence-electron chi connectivity index (χ2n) is 5.89. The maximum atomic E-state index is 12.0. The lowest BCUT2D eigenvalue weighted by atomic mass is 10.1. The standard InChI is InChI=1S/C18H20N4O2/c1-12-10-13(2)22(20-12)17-6-4-15(5-7-17)14(3)19-18(23)11-16-8-9-24-21-16/h4-10,14H,11H2,1-3H3,(H,19,23)/t14-/m0/s1. The number of aryl methyl sites for hydroxylation is 2. The van der Waals surface area contributed by atoms with Crippen LogP contribution in [0.4, 0.5) is 0 Å². The monoisotopic (exact) mass is 324 g/mol. The second kappa shape index (κ2) is 6.70. The van der Waals surface area contributed by atoms with E-state index in [-0.39, 0.29) is 18.4 Å². The number of nitrogens with one attached hydrogen (secondary N) is 1. The van der Waals surface area contributed by atoms with Crippen molar-refractivity contribution < 1.29 is 9.32 Å². The van der Waals surface area contributed by atoms with Gasteiger partial charge in [-0.1, -0.05) is 17.3 Å². The summed E-state index contributed by atoms with van der Waals surface area (Å²) in [5.41, 5.74) is 4.75. The van der Waals surface area contributed by atoms with Crippen molar-refractivity contribution in [2.24, 2.45) is 0 Å². The molecule has 1 N–H and O–H groups in total. The zero-order valence-electron chi connectivity index (χ0n) is 14.0. The molecule has 124 valence electrons. The number of carbonyl (C=O) groups is 1. The second-order valence-corrected chi connectivity index (χ2v) is 5.89. The molecule has 0 aliphatic rings. The van der Waals surface area contributed by atoms with E-state index in [0.29, 0.717) is 5.69 Å². The van der Waals surface area contributed by atoms with Crippen LogP contribution in [0, 0.1) is 13.8 Å². The van der Waals surface area contributed by atoms with Crippen LogP contribution in [0.1, 0.15) is 35.6 Å². The summed E-state index contributed by atoms with van der Waals surface area (Å²) in [7, 11) is 0. The summed E-state index contributed by atoms with van der Waals surface area (Å²) >= 11 is 0. The van der Waals surface area contributed by atoms with Gasteiger partial charge in [0.25, 0.3) is 0 Å². The summed E-state index contributed by atoms with van der Waals surface area (Å²) in [6, 6.07) is 11.7. The lowest BCUT2D eigenvalue weighted by molar-refractivity contribution is -0.121. The van der Waals surface area contributed by atoms with E-state index in [1.165, 1.54) is 6.26 Å². The Labute approximate surface area is 140 Å². The first-order chi connectivity index (χ1) is 11.5. The van der Waals surface area contributed by atoms with Gasteiger partial charge in [-0.15, -0.1) is 0 Å². The quantitative estimate of drug-likeness (QED) is 0.783. The van der Waals surface area contributed by atoms with Gasteiger partial charge in [-0.05, 0) is 44.5 Å². The number of benzene rings is 1. The van der Waals surface area contributed by atoms with E-state index < -0.39 is 0 Å². The van der Waals surface area contributed by atoms with E-state index in [1.807, 2.05) is 55.8 Å². The molecule has 3 aromatic rings. The molecule has 0 radical (unpaired) electrons. The van der Waals surface area contributed by atoms with Crippen molar-refractivity contribution in [3.63, 3.8) is 0 Å². The Hall–Kier alpha value is -2.89. The molecule has 1 atom stereocenters. The Kier molecular flexibility index (Phi) is 4.46. The molecule has 1 amide bonds. The van der Waals surface area contributed by atoms with Gasteiger partial charge in [-0.2, -0.15) is 5.10 Å². The Morgan fingerprint density at radius 2 is 2.00 bits per heavy atom. The zero-order valence-corrected chi connectivity index (χ0v) is 14.0. The van der Waals surface area contributed by atoms with Crippen LogP contribution < -0.4 is 5.32 Å². The van der Waals surface area contributed by atoms with Crippen LogP contribution in [0.15, 0.2) is 47.2 Å². The highest BCUT2D eigenvalue weighted by molar-refractivity contribution is 5.78. The van der Waals surface area contributed by atoms with Crippen LogP contribution >= 0.6 is 0 Å². The van der Waals surface area contributed by atoms with E-state index >= 15 is 0 Å². The normalized spacial score (nSPS) is 12.1. The van der Waals surface area contributed by atoms with Gasteiger partial charge in [-0.25, -0.2) is 4.68 Å². The first-order valence-electron chi connectivity index (χ1n) is 7.85. The smallest absolute Gasteiger partial charge is 0.226 e. The molecular weight excluding hydrogens is 304 g/mol. The van der Waals surface area contributed by atoms with Gasteiger partial charge in [0.2, 0.25) is 5.91 Å². The van der Waals surface area contributed by atoms with Crippen molar-refractivity contribution in [3.8, 4) is 5.69 Å². The molecule has 0 spiro atoms. The van der Waals surface area contributed by atoms with E-state index in [2.05, 4.69) is 15.6 Å². The number of hydrogen-bond donors (Lipinski definition) is 1. The summed E-state index contributed by atoms with van der Waals surface area (Å²) in [6.07, 6.45) is 1.68. The number of amides is 1. The minimum Gasteiger partial charge on any atom is -0.364 e. The Morgan fingerprint density at radius 3 is 2.58 bits per heavy atom. The summed E-state index contributed by atoms with van der Waals surface area (Å²) in [6.45, 7) is 5.96. The van der Waals surface area contributed by atoms with Crippen LogP contribution in [0.25, 0.3) is 5.69 Å². The van der Waals surface area contributed by atoms with Gasteiger partial charge in [0.1, 0.15) is 6.26 Å².